The molecule has 0 saturated carbocycles. The zero-order valence-electron chi connectivity index (χ0n) is 11.8. The number of amides is 3. The molecule has 0 aliphatic carbocycles. The van der Waals surface area contributed by atoms with Crippen molar-refractivity contribution in [2.75, 3.05) is 11.4 Å². The van der Waals surface area contributed by atoms with E-state index in [-0.39, 0.29) is 12.8 Å². The number of primary amides is 1. The number of rotatable bonds is 7. The highest BCUT2D eigenvalue weighted by Crippen LogP contribution is 2.13. The van der Waals surface area contributed by atoms with Crippen molar-refractivity contribution in [3.63, 3.8) is 0 Å². The predicted molar refractivity (Wildman–Crippen MR) is 77.8 cm³/mol. The van der Waals surface area contributed by atoms with Gasteiger partial charge in [-0.1, -0.05) is 18.2 Å². The second-order valence-electron chi connectivity index (χ2n) is 4.43. The summed E-state index contributed by atoms with van der Waals surface area (Å²) in [5.74, 6) is -1.81. The number of para-hydroxylation sites is 1. The number of carbonyl (C=O) groups is 3. The van der Waals surface area contributed by atoms with Gasteiger partial charge in [-0.3, -0.25) is 9.69 Å². The SMILES string of the molecule is CCN(C(=O)N[C@@H](CCC(N)=O)C(=O)O)c1ccccc1. The number of hydrogen-bond acceptors (Lipinski definition) is 3. The number of hydrogen-bond donors (Lipinski definition) is 3. The second-order valence-corrected chi connectivity index (χ2v) is 4.43. The minimum Gasteiger partial charge on any atom is -0.480 e. The summed E-state index contributed by atoms with van der Waals surface area (Å²) in [4.78, 5) is 35.4. The third-order valence-electron chi connectivity index (χ3n) is 2.90. The molecule has 0 fully saturated rings. The molecule has 4 N–H and O–H groups in total. The number of carboxylic acids is 1. The van der Waals surface area contributed by atoms with Crippen LogP contribution in [0.5, 0.6) is 0 Å². The van der Waals surface area contributed by atoms with Crippen LogP contribution in [0.3, 0.4) is 0 Å². The van der Waals surface area contributed by atoms with Crippen molar-refractivity contribution in [3.05, 3.63) is 30.3 Å². The number of nitrogens with two attached hydrogens (primary N) is 1. The molecule has 0 aromatic heterocycles. The molecule has 7 heteroatoms. The Labute approximate surface area is 122 Å². The van der Waals surface area contributed by atoms with Crippen LogP contribution in [0.2, 0.25) is 0 Å². The van der Waals surface area contributed by atoms with Crippen molar-refractivity contribution in [1.29, 1.82) is 0 Å². The van der Waals surface area contributed by atoms with Gasteiger partial charge in [0, 0.05) is 18.7 Å². The van der Waals surface area contributed by atoms with Gasteiger partial charge < -0.3 is 16.2 Å². The maximum Gasteiger partial charge on any atom is 0.326 e. The summed E-state index contributed by atoms with van der Waals surface area (Å²) in [5.41, 5.74) is 5.66. The molecule has 0 aliphatic rings. The van der Waals surface area contributed by atoms with Crippen molar-refractivity contribution >= 4 is 23.6 Å². The Balaban J connectivity index is 2.75. The summed E-state index contributed by atoms with van der Waals surface area (Å²) >= 11 is 0. The van der Waals surface area contributed by atoms with Gasteiger partial charge in [0.05, 0.1) is 0 Å². The Morgan fingerprint density at radius 2 is 1.90 bits per heavy atom. The third-order valence-corrected chi connectivity index (χ3v) is 2.90. The Morgan fingerprint density at radius 3 is 2.38 bits per heavy atom. The van der Waals surface area contributed by atoms with E-state index in [1.807, 2.05) is 6.07 Å². The number of nitrogens with zero attached hydrogens (tertiary/aromatic N) is 1. The van der Waals surface area contributed by atoms with E-state index in [1.54, 1.807) is 31.2 Å². The predicted octanol–water partition coefficient (Wildman–Crippen LogP) is 0.941. The zero-order chi connectivity index (χ0) is 15.8. The van der Waals surface area contributed by atoms with Crippen LogP contribution in [0.4, 0.5) is 10.5 Å². The quantitative estimate of drug-likeness (QED) is 0.694. The molecule has 114 valence electrons. The Hall–Kier alpha value is -2.57. The first-order chi connectivity index (χ1) is 9.95. The molecule has 0 radical (unpaired) electrons. The van der Waals surface area contributed by atoms with Gasteiger partial charge in [-0.2, -0.15) is 0 Å². The van der Waals surface area contributed by atoms with Crippen molar-refractivity contribution in [2.24, 2.45) is 5.73 Å². The molecule has 0 aliphatic heterocycles. The van der Waals surface area contributed by atoms with Crippen LogP contribution in [-0.2, 0) is 9.59 Å². The highest BCUT2D eigenvalue weighted by molar-refractivity contribution is 5.94. The molecule has 1 aromatic rings. The average Bonchev–Trinajstić information content (AvgIpc) is 2.44. The number of nitrogens with one attached hydrogen (secondary N) is 1. The second kappa shape index (κ2) is 7.88. The monoisotopic (exact) mass is 293 g/mol. The van der Waals surface area contributed by atoms with Gasteiger partial charge in [-0.25, -0.2) is 9.59 Å². The largest absolute Gasteiger partial charge is 0.480 e. The van der Waals surface area contributed by atoms with Crippen molar-refractivity contribution in [3.8, 4) is 0 Å². The number of carboxylic acid groups (broad SMARTS) is 1. The number of carbonyl (C=O) groups excluding carboxylic acids is 2. The topological polar surface area (TPSA) is 113 Å². The summed E-state index contributed by atoms with van der Waals surface area (Å²) in [6.07, 6.45) is -0.141. The maximum absolute atomic E-state index is 12.2. The number of aliphatic carboxylic acids is 1. The van der Waals surface area contributed by atoms with Gasteiger partial charge in [0.1, 0.15) is 6.04 Å². The minimum absolute atomic E-state index is 0.0389. The fourth-order valence-corrected chi connectivity index (χ4v) is 1.82. The minimum atomic E-state index is -1.20. The van der Waals surface area contributed by atoms with Crippen LogP contribution in [0, 0.1) is 0 Å². The van der Waals surface area contributed by atoms with E-state index in [4.69, 9.17) is 10.8 Å². The molecule has 21 heavy (non-hydrogen) atoms. The highest BCUT2D eigenvalue weighted by atomic mass is 16.4. The summed E-state index contributed by atoms with van der Waals surface area (Å²) in [6, 6.07) is 7.22. The van der Waals surface area contributed by atoms with Crippen LogP contribution in [0.15, 0.2) is 30.3 Å². The summed E-state index contributed by atoms with van der Waals surface area (Å²) < 4.78 is 0. The summed E-state index contributed by atoms with van der Waals surface area (Å²) in [5, 5.41) is 11.5. The van der Waals surface area contributed by atoms with Gasteiger partial charge in [-0.15, -0.1) is 0 Å². The van der Waals surface area contributed by atoms with Crippen molar-refractivity contribution in [2.45, 2.75) is 25.8 Å². The molecule has 0 bridgehead atoms. The first kappa shape index (κ1) is 16.5. The zero-order valence-corrected chi connectivity index (χ0v) is 11.8. The van der Waals surface area contributed by atoms with Gasteiger partial charge in [0.2, 0.25) is 5.91 Å². The molecular formula is C14H19N3O4. The average molecular weight is 293 g/mol. The van der Waals surface area contributed by atoms with E-state index < -0.39 is 23.9 Å². The van der Waals surface area contributed by atoms with Gasteiger partial charge in [0.25, 0.3) is 0 Å². The van der Waals surface area contributed by atoms with Crippen LogP contribution >= 0.6 is 0 Å². The molecule has 1 atom stereocenters. The first-order valence-corrected chi connectivity index (χ1v) is 6.60. The highest BCUT2D eigenvalue weighted by Gasteiger charge is 2.23. The van der Waals surface area contributed by atoms with Crippen LogP contribution in [-0.4, -0.2) is 35.6 Å². The molecule has 3 amide bonds. The van der Waals surface area contributed by atoms with Gasteiger partial charge in [-0.05, 0) is 25.5 Å². The number of urea groups is 1. The van der Waals surface area contributed by atoms with E-state index in [0.717, 1.165) is 0 Å². The van der Waals surface area contributed by atoms with E-state index in [2.05, 4.69) is 5.32 Å². The lowest BCUT2D eigenvalue weighted by atomic mass is 10.1. The molecular weight excluding hydrogens is 274 g/mol. The molecule has 0 heterocycles. The van der Waals surface area contributed by atoms with E-state index >= 15 is 0 Å². The molecule has 0 saturated heterocycles. The van der Waals surface area contributed by atoms with Crippen molar-refractivity contribution in [1.82, 2.24) is 5.32 Å². The van der Waals surface area contributed by atoms with Gasteiger partial charge >= 0.3 is 12.0 Å². The number of benzene rings is 1. The van der Waals surface area contributed by atoms with E-state index in [0.29, 0.717) is 12.2 Å². The van der Waals surface area contributed by atoms with E-state index in [1.165, 1.54) is 4.90 Å². The van der Waals surface area contributed by atoms with Gasteiger partial charge in [0.15, 0.2) is 0 Å². The summed E-state index contributed by atoms with van der Waals surface area (Å²) in [7, 11) is 0. The lowest BCUT2D eigenvalue weighted by Crippen LogP contribution is -2.48. The Bertz CT molecular complexity index is 504. The lowest BCUT2D eigenvalue weighted by molar-refractivity contribution is -0.139. The molecule has 0 unspecified atom stereocenters. The molecule has 0 spiro atoms. The number of anilines is 1. The van der Waals surface area contributed by atoms with Crippen LogP contribution < -0.4 is 16.0 Å². The van der Waals surface area contributed by atoms with Crippen LogP contribution in [0.25, 0.3) is 0 Å². The van der Waals surface area contributed by atoms with Crippen LogP contribution in [0.1, 0.15) is 19.8 Å². The fourth-order valence-electron chi connectivity index (χ4n) is 1.82. The third kappa shape index (κ3) is 5.13. The maximum atomic E-state index is 12.2. The Morgan fingerprint density at radius 1 is 1.29 bits per heavy atom. The summed E-state index contributed by atoms with van der Waals surface area (Å²) in [6.45, 7) is 2.17. The standard InChI is InChI=1S/C14H19N3O4/c1-2-17(10-6-4-3-5-7-10)14(21)16-11(13(19)20)8-9-12(15)18/h3-7,11H,2,8-9H2,1H3,(H2,15,18)(H,16,21)(H,19,20)/t11-/m0/s1. The lowest BCUT2D eigenvalue weighted by Gasteiger charge is -2.24. The fraction of sp³-hybridized carbons (Fsp3) is 0.357. The molecule has 1 aromatic carbocycles. The molecule has 1 rings (SSSR count). The normalized spacial score (nSPS) is 11.5. The first-order valence-electron chi connectivity index (χ1n) is 6.60. The van der Waals surface area contributed by atoms with Crippen molar-refractivity contribution < 1.29 is 19.5 Å². The molecule has 7 nitrogen and oxygen atoms in total. The van der Waals surface area contributed by atoms with E-state index in [9.17, 15) is 14.4 Å². The smallest absolute Gasteiger partial charge is 0.326 e. The Kier molecular flexibility index (Phi) is 6.19.